The first-order valence-electron chi connectivity index (χ1n) is 5.38. The molecule has 0 saturated heterocycles. The van der Waals surface area contributed by atoms with E-state index in [4.69, 9.17) is 0 Å². The van der Waals surface area contributed by atoms with Crippen LogP contribution in [0.15, 0.2) is 40.9 Å². The number of benzene rings is 2. The lowest BCUT2D eigenvalue weighted by molar-refractivity contribution is 0.217. The van der Waals surface area contributed by atoms with Gasteiger partial charge in [-0.25, -0.2) is 8.78 Å². The summed E-state index contributed by atoms with van der Waals surface area (Å²) in [4.78, 5) is 0. The van der Waals surface area contributed by atoms with Gasteiger partial charge in [0.2, 0.25) is 0 Å². The number of aryl methyl sites for hydroxylation is 1. The lowest BCUT2D eigenvalue weighted by Crippen LogP contribution is -2.04. The van der Waals surface area contributed by atoms with Gasteiger partial charge in [0.05, 0.1) is 0 Å². The van der Waals surface area contributed by atoms with E-state index in [0.29, 0.717) is 15.6 Å². The molecular weight excluding hydrogens is 302 g/mol. The zero-order valence-corrected chi connectivity index (χ0v) is 11.2. The van der Waals surface area contributed by atoms with Gasteiger partial charge in [-0.05, 0) is 48.4 Å². The Hall–Kier alpha value is -1.26. The molecule has 2 aromatic rings. The number of halogens is 3. The summed E-state index contributed by atoms with van der Waals surface area (Å²) in [7, 11) is 0. The van der Waals surface area contributed by atoms with Crippen molar-refractivity contribution in [2.45, 2.75) is 13.0 Å². The van der Waals surface area contributed by atoms with Gasteiger partial charge in [0, 0.05) is 10.0 Å². The number of hydrogen-bond donors (Lipinski definition) is 1. The van der Waals surface area contributed by atoms with Gasteiger partial charge in [-0.2, -0.15) is 0 Å². The van der Waals surface area contributed by atoms with Crippen LogP contribution in [0.4, 0.5) is 8.78 Å². The monoisotopic (exact) mass is 312 g/mol. The topological polar surface area (TPSA) is 20.2 Å². The first-order chi connectivity index (χ1) is 8.49. The maximum atomic E-state index is 13.2. The van der Waals surface area contributed by atoms with Crippen LogP contribution in [-0.2, 0) is 0 Å². The van der Waals surface area contributed by atoms with Crippen molar-refractivity contribution in [2.24, 2.45) is 0 Å². The van der Waals surface area contributed by atoms with Gasteiger partial charge < -0.3 is 5.11 Å². The minimum absolute atomic E-state index is 0.378. The third kappa shape index (κ3) is 2.60. The third-order valence-corrected chi connectivity index (χ3v) is 3.51. The average molecular weight is 313 g/mol. The molecule has 2 aromatic carbocycles. The highest BCUT2D eigenvalue weighted by molar-refractivity contribution is 9.10. The molecule has 1 atom stereocenters. The van der Waals surface area contributed by atoms with Crippen LogP contribution in [0.25, 0.3) is 0 Å². The van der Waals surface area contributed by atoms with Crippen molar-refractivity contribution in [3.63, 3.8) is 0 Å². The van der Waals surface area contributed by atoms with Crippen molar-refractivity contribution in [3.05, 3.63) is 69.2 Å². The lowest BCUT2D eigenvalue weighted by Gasteiger charge is -2.16. The van der Waals surface area contributed by atoms with E-state index in [1.165, 1.54) is 30.3 Å². The molecule has 0 bridgehead atoms. The number of hydrogen-bond acceptors (Lipinski definition) is 1. The summed E-state index contributed by atoms with van der Waals surface area (Å²) in [6, 6.07) is 8.21. The Labute approximate surface area is 112 Å². The predicted octanol–water partition coefficient (Wildman–Crippen LogP) is 4.12. The summed E-state index contributed by atoms with van der Waals surface area (Å²) in [5.41, 5.74) is 1.56. The van der Waals surface area contributed by atoms with Gasteiger partial charge in [0.25, 0.3) is 0 Å². The fraction of sp³-hybridized carbons (Fsp3) is 0.143. The van der Waals surface area contributed by atoms with Crippen LogP contribution in [0.3, 0.4) is 0 Å². The molecule has 0 spiro atoms. The van der Waals surface area contributed by atoms with E-state index in [0.717, 1.165) is 5.56 Å². The van der Waals surface area contributed by atoms with Crippen molar-refractivity contribution < 1.29 is 13.9 Å². The van der Waals surface area contributed by atoms with Crippen LogP contribution in [0.2, 0.25) is 0 Å². The van der Waals surface area contributed by atoms with E-state index >= 15 is 0 Å². The molecule has 1 unspecified atom stereocenters. The van der Waals surface area contributed by atoms with E-state index in [-0.39, 0.29) is 0 Å². The molecule has 0 aromatic heterocycles. The Morgan fingerprint density at radius 2 is 1.56 bits per heavy atom. The standard InChI is InChI=1S/C14H11BrF2O/c1-8-2-3-9(16)6-11(8)14(18)12-7-10(17)4-5-13(12)15/h2-7,14,18H,1H3. The molecule has 0 aliphatic rings. The minimum atomic E-state index is -1.06. The number of aliphatic hydroxyl groups excluding tert-OH is 1. The van der Waals surface area contributed by atoms with Gasteiger partial charge in [0.15, 0.2) is 0 Å². The van der Waals surface area contributed by atoms with E-state index < -0.39 is 17.7 Å². The molecule has 0 aliphatic heterocycles. The van der Waals surface area contributed by atoms with Crippen molar-refractivity contribution in [1.29, 1.82) is 0 Å². The number of aliphatic hydroxyl groups is 1. The predicted molar refractivity (Wildman–Crippen MR) is 69.3 cm³/mol. The van der Waals surface area contributed by atoms with Crippen LogP contribution in [0.1, 0.15) is 22.8 Å². The normalized spacial score (nSPS) is 12.5. The van der Waals surface area contributed by atoms with E-state index in [1.807, 2.05) is 0 Å². The molecule has 4 heteroatoms. The van der Waals surface area contributed by atoms with Crippen molar-refractivity contribution in [3.8, 4) is 0 Å². The van der Waals surface area contributed by atoms with Crippen LogP contribution in [0.5, 0.6) is 0 Å². The summed E-state index contributed by atoms with van der Waals surface area (Å²) in [5.74, 6) is -0.872. The largest absolute Gasteiger partial charge is 0.384 e. The quantitative estimate of drug-likeness (QED) is 0.884. The van der Waals surface area contributed by atoms with Crippen LogP contribution < -0.4 is 0 Å². The van der Waals surface area contributed by atoms with Gasteiger partial charge in [-0.15, -0.1) is 0 Å². The van der Waals surface area contributed by atoms with Crippen LogP contribution >= 0.6 is 15.9 Å². The van der Waals surface area contributed by atoms with E-state index in [1.54, 1.807) is 13.0 Å². The van der Waals surface area contributed by atoms with Crippen LogP contribution in [0, 0.1) is 18.6 Å². The summed E-state index contributed by atoms with van der Waals surface area (Å²) < 4.78 is 27.0. The maximum absolute atomic E-state index is 13.2. The molecule has 0 heterocycles. The Kier molecular flexibility index (Phi) is 3.78. The molecule has 94 valence electrons. The first kappa shape index (κ1) is 13.2. The Morgan fingerprint density at radius 1 is 1.00 bits per heavy atom. The molecule has 2 rings (SSSR count). The summed E-state index contributed by atoms with van der Waals surface area (Å²) in [6.07, 6.45) is -1.06. The van der Waals surface area contributed by atoms with E-state index in [2.05, 4.69) is 15.9 Å². The van der Waals surface area contributed by atoms with Gasteiger partial charge >= 0.3 is 0 Å². The van der Waals surface area contributed by atoms with Gasteiger partial charge in [-0.1, -0.05) is 22.0 Å². The second-order valence-electron chi connectivity index (χ2n) is 4.07. The lowest BCUT2D eigenvalue weighted by atomic mass is 9.97. The third-order valence-electron chi connectivity index (χ3n) is 2.79. The van der Waals surface area contributed by atoms with Crippen LogP contribution in [-0.4, -0.2) is 5.11 Å². The zero-order chi connectivity index (χ0) is 13.3. The van der Waals surface area contributed by atoms with Crippen molar-refractivity contribution in [2.75, 3.05) is 0 Å². The molecule has 1 nitrogen and oxygen atoms in total. The minimum Gasteiger partial charge on any atom is -0.384 e. The second kappa shape index (κ2) is 5.16. The SMILES string of the molecule is Cc1ccc(F)cc1C(O)c1cc(F)ccc1Br. The molecule has 0 saturated carbocycles. The zero-order valence-electron chi connectivity index (χ0n) is 9.62. The van der Waals surface area contributed by atoms with E-state index in [9.17, 15) is 13.9 Å². The summed E-state index contributed by atoms with van der Waals surface area (Å²) in [6.45, 7) is 1.77. The second-order valence-corrected chi connectivity index (χ2v) is 4.92. The van der Waals surface area contributed by atoms with Gasteiger partial charge in [-0.3, -0.25) is 0 Å². The van der Waals surface area contributed by atoms with Crippen molar-refractivity contribution in [1.82, 2.24) is 0 Å². The summed E-state index contributed by atoms with van der Waals surface area (Å²) >= 11 is 3.25. The first-order valence-corrected chi connectivity index (χ1v) is 6.17. The average Bonchev–Trinajstić information content (AvgIpc) is 2.34. The molecule has 0 fully saturated rings. The fourth-order valence-electron chi connectivity index (χ4n) is 1.80. The summed E-state index contributed by atoms with van der Waals surface area (Å²) in [5, 5.41) is 10.2. The Bertz CT molecular complexity index is 533. The highest BCUT2D eigenvalue weighted by atomic mass is 79.9. The Morgan fingerprint density at radius 3 is 2.22 bits per heavy atom. The molecule has 1 N–H and O–H groups in total. The molecule has 18 heavy (non-hydrogen) atoms. The smallest absolute Gasteiger partial charge is 0.123 e. The molecular formula is C14H11BrF2O. The van der Waals surface area contributed by atoms with Crippen molar-refractivity contribution >= 4 is 15.9 Å². The fourth-order valence-corrected chi connectivity index (χ4v) is 2.26. The highest BCUT2D eigenvalue weighted by Crippen LogP contribution is 2.31. The maximum Gasteiger partial charge on any atom is 0.123 e. The molecule has 0 amide bonds. The molecule has 0 aliphatic carbocycles. The number of rotatable bonds is 2. The molecule has 0 radical (unpaired) electrons. The van der Waals surface area contributed by atoms with Gasteiger partial charge in [0.1, 0.15) is 17.7 Å². The Balaban J connectivity index is 2.50. The highest BCUT2D eigenvalue weighted by Gasteiger charge is 2.17.